The lowest BCUT2D eigenvalue weighted by Crippen LogP contribution is -2.14. The Hall–Kier alpha value is -2.18. The van der Waals surface area contributed by atoms with Crippen LogP contribution in [0.5, 0.6) is 0 Å². The zero-order valence-corrected chi connectivity index (χ0v) is 11.4. The maximum Gasteiger partial charge on any atom is 0.282 e. The summed E-state index contributed by atoms with van der Waals surface area (Å²) in [6.07, 6.45) is 1.35. The maximum atomic E-state index is 12.0. The number of hydrogen-bond acceptors (Lipinski definition) is 4. The van der Waals surface area contributed by atoms with E-state index < -0.39 is 10.8 Å². The molecular weight excluding hydrogens is 305 g/mol. The minimum Gasteiger partial charge on any atom is -0.306 e. The lowest BCUT2D eigenvalue weighted by molar-refractivity contribution is -0.385. The van der Waals surface area contributed by atoms with Crippen LogP contribution >= 0.6 is 23.2 Å². The summed E-state index contributed by atoms with van der Waals surface area (Å²) in [6, 6.07) is 6.77. The highest BCUT2D eigenvalue weighted by molar-refractivity contribution is 6.31. The average Bonchev–Trinajstić information content (AvgIpc) is 2.41. The van der Waals surface area contributed by atoms with Gasteiger partial charge in [-0.2, -0.15) is 0 Å². The number of carbonyl (C=O) groups excluding carboxylic acids is 1. The average molecular weight is 312 g/mol. The van der Waals surface area contributed by atoms with Crippen molar-refractivity contribution in [1.29, 1.82) is 0 Å². The van der Waals surface area contributed by atoms with E-state index >= 15 is 0 Å². The largest absolute Gasteiger partial charge is 0.306 e. The molecule has 102 valence electrons. The minimum absolute atomic E-state index is 0.140. The van der Waals surface area contributed by atoms with Gasteiger partial charge < -0.3 is 5.32 Å². The molecule has 0 aliphatic rings. The Morgan fingerprint density at radius 1 is 1.20 bits per heavy atom. The molecule has 8 heteroatoms. The number of benzene rings is 1. The molecule has 0 spiro atoms. The van der Waals surface area contributed by atoms with Crippen LogP contribution in [0.1, 0.15) is 10.4 Å². The van der Waals surface area contributed by atoms with Crippen LogP contribution in [-0.2, 0) is 0 Å². The molecule has 1 amide bonds. The van der Waals surface area contributed by atoms with Gasteiger partial charge in [0.05, 0.1) is 9.95 Å². The molecule has 0 saturated carbocycles. The molecule has 0 atom stereocenters. The van der Waals surface area contributed by atoms with Gasteiger partial charge in [-0.1, -0.05) is 23.2 Å². The van der Waals surface area contributed by atoms with Crippen molar-refractivity contribution in [3.8, 4) is 0 Å². The summed E-state index contributed by atoms with van der Waals surface area (Å²) in [5.41, 5.74) is -0.472. The molecule has 0 fully saturated rings. The Morgan fingerprint density at radius 2 is 1.90 bits per heavy atom. The number of nitrogens with zero attached hydrogens (tertiary/aromatic N) is 2. The van der Waals surface area contributed by atoms with Crippen LogP contribution in [0.25, 0.3) is 0 Å². The van der Waals surface area contributed by atoms with Gasteiger partial charge in [0.25, 0.3) is 11.6 Å². The van der Waals surface area contributed by atoms with Crippen molar-refractivity contribution in [1.82, 2.24) is 4.98 Å². The Balaban J connectivity index is 2.31. The zero-order valence-electron chi connectivity index (χ0n) is 9.84. The van der Waals surface area contributed by atoms with Crippen molar-refractivity contribution < 1.29 is 9.72 Å². The Kier molecular flexibility index (Phi) is 4.16. The fourth-order valence-electron chi connectivity index (χ4n) is 1.48. The van der Waals surface area contributed by atoms with Crippen molar-refractivity contribution >= 4 is 40.6 Å². The summed E-state index contributed by atoms with van der Waals surface area (Å²) in [6.45, 7) is 0. The number of amides is 1. The smallest absolute Gasteiger partial charge is 0.282 e. The van der Waals surface area contributed by atoms with Gasteiger partial charge in [0, 0.05) is 17.3 Å². The van der Waals surface area contributed by atoms with Gasteiger partial charge in [-0.15, -0.1) is 0 Å². The first-order valence-corrected chi connectivity index (χ1v) is 6.10. The quantitative estimate of drug-likeness (QED) is 0.693. The molecule has 1 N–H and O–H groups in total. The van der Waals surface area contributed by atoms with E-state index in [1.165, 1.54) is 36.5 Å². The second-order valence-corrected chi connectivity index (χ2v) is 4.61. The third-order valence-electron chi connectivity index (χ3n) is 2.37. The highest BCUT2D eigenvalue weighted by Gasteiger charge is 2.20. The number of hydrogen-bond donors (Lipinski definition) is 1. The van der Waals surface area contributed by atoms with Gasteiger partial charge in [-0.25, -0.2) is 4.98 Å². The van der Waals surface area contributed by atoms with Crippen LogP contribution < -0.4 is 5.32 Å². The number of nitro benzene ring substituents is 1. The van der Waals surface area contributed by atoms with Gasteiger partial charge in [-0.3, -0.25) is 14.9 Å². The van der Waals surface area contributed by atoms with Crippen molar-refractivity contribution in [3.63, 3.8) is 0 Å². The molecule has 20 heavy (non-hydrogen) atoms. The summed E-state index contributed by atoms with van der Waals surface area (Å²) in [7, 11) is 0. The summed E-state index contributed by atoms with van der Waals surface area (Å²) in [5.74, 6) is -0.442. The maximum absolute atomic E-state index is 12.0. The lowest BCUT2D eigenvalue weighted by atomic mass is 10.1. The molecule has 1 heterocycles. The topological polar surface area (TPSA) is 85.1 Å². The third-order valence-corrected chi connectivity index (χ3v) is 2.83. The molecule has 0 bridgehead atoms. The first-order valence-electron chi connectivity index (χ1n) is 5.34. The van der Waals surface area contributed by atoms with Crippen LogP contribution in [0, 0.1) is 10.1 Å². The predicted molar refractivity (Wildman–Crippen MR) is 75.3 cm³/mol. The number of aromatic nitrogens is 1. The van der Waals surface area contributed by atoms with E-state index in [0.29, 0.717) is 5.02 Å². The molecule has 0 unspecified atom stereocenters. The van der Waals surface area contributed by atoms with E-state index in [1.807, 2.05) is 0 Å². The fourth-order valence-corrected chi connectivity index (χ4v) is 1.77. The highest BCUT2D eigenvalue weighted by Crippen LogP contribution is 2.23. The van der Waals surface area contributed by atoms with Gasteiger partial charge in [0.2, 0.25) is 0 Å². The summed E-state index contributed by atoms with van der Waals surface area (Å²) >= 11 is 11.4. The normalized spacial score (nSPS) is 10.1. The third kappa shape index (κ3) is 3.23. The molecule has 0 aliphatic carbocycles. The molecular formula is C12H7Cl2N3O3. The number of nitro groups is 1. The molecule has 1 aromatic carbocycles. The van der Waals surface area contributed by atoms with Gasteiger partial charge in [-0.05, 0) is 24.3 Å². The van der Waals surface area contributed by atoms with E-state index in [2.05, 4.69) is 10.3 Å². The van der Waals surface area contributed by atoms with Crippen molar-refractivity contribution in [2.24, 2.45) is 0 Å². The van der Waals surface area contributed by atoms with Gasteiger partial charge in [0.1, 0.15) is 11.4 Å². The molecule has 0 saturated heterocycles. The number of carbonyl (C=O) groups is 1. The molecule has 0 aliphatic heterocycles. The van der Waals surface area contributed by atoms with E-state index in [9.17, 15) is 14.9 Å². The molecule has 2 rings (SSSR count). The fraction of sp³-hybridized carbons (Fsp3) is 0. The number of pyridine rings is 1. The predicted octanol–water partition coefficient (Wildman–Crippen LogP) is 3.55. The zero-order chi connectivity index (χ0) is 14.7. The number of anilines is 1. The Morgan fingerprint density at radius 3 is 2.50 bits per heavy atom. The first kappa shape index (κ1) is 14.2. The van der Waals surface area contributed by atoms with Crippen LogP contribution in [0.3, 0.4) is 0 Å². The van der Waals surface area contributed by atoms with E-state index in [1.54, 1.807) is 0 Å². The number of nitrogens with one attached hydrogen (secondary N) is 1. The van der Waals surface area contributed by atoms with Crippen LogP contribution in [-0.4, -0.2) is 15.8 Å². The van der Waals surface area contributed by atoms with Crippen LogP contribution in [0.2, 0.25) is 10.0 Å². The summed E-state index contributed by atoms with van der Waals surface area (Å²) in [4.78, 5) is 26.1. The van der Waals surface area contributed by atoms with Crippen LogP contribution in [0.4, 0.5) is 11.5 Å². The summed E-state index contributed by atoms with van der Waals surface area (Å²) < 4.78 is 0. The number of halogens is 2. The van der Waals surface area contributed by atoms with Gasteiger partial charge >= 0.3 is 0 Å². The van der Waals surface area contributed by atoms with Crippen molar-refractivity contribution in [2.45, 2.75) is 0 Å². The minimum atomic E-state index is -0.672. The second kappa shape index (κ2) is 5.85. The Bertz CT molecular complexity index is 674. The van der Waals surface area contributed by atoms with E-state index in [4.69, 9.17) is 23.2 Å². The first-order chi connectivity index (χ1) is 9.47. The van der Waals surface area contributed by atoms with Crippen molar-refractivity contribution in [2.75, 3.05) is 5.32 Å². The standard InChI is InChI=1S/C12H7Cl2N3O3/c13-7-1-3-10(17(19)20)9(5-7)12(18)16-11-4-2-8(14)6-15-11/h1-6H,(H,15,16,18). The SMILES string of the molecule is O=C(Nc1ccc(Cl)cn1)c1cc(Cl)ccc1[N+](=O)[O-]. The van der Waals surface area contributed by atoms with Crippen molar-refractivity contribution in [3.05, 3.63) is 62.3 Å². The molecule has 6 nitrogen and oxygen atoms in total. The Labute approximate surface area is 123 Å². The molecule has 0 radical (unpaired) electrons. The molecule has 1 aromatic heterocycles. The van der Waals surface area contributed by atoms with E-state index in [-0.39, 0.29) is 22.1 Å². The van der Waals surface area contributed by atoms with Gasteiger partial charge in [0.15, 0.2) is 0 Å². The number of rotatable bonds is 3. The van der Waals surface area contributed by atoms with Crippen LogP contribution in [0.15, 0.2) is 36.5 Å². The highest BCUT2D eigenvalue weighted by atomic mass is 35.5. The monoisotopic (exact) mass is 311 g/mol. The molecule has 2 aromatic rings. The second-order valence-electron chi connectivity index (χ2n) is 3.73. The summed E-state index contributed by atoms with van der Waals surface area (Å²) in [5, 5.41) is 14.0. The lowest BCUT2D eigenvalue weighted by Gasteiger charge is -2.05. The van der Waals surface area contributed by atoms with E-state index in [0.717, 1.165) is 0 Å².